The molecule has 0 spiro atoms. The zero-order valence-corrected chi connectivity index (χ0v) is 27.8. The molecule has 3 fully saturated rings. The van der Waals surface area contributed by atoms with Crippen LogP contribution in [0.3, 0.4) is 0 Å². The van der Waals surface area contributed by atoms with E-state index in [9.17, 15) is 31.9 Å². The van der Waals surface area contributed by atoms with Gasteiger partial charge in [0.05, 0.1) is 29.6 Å². The van der Waals surface area contributed by atoms with Gasteiger partial charge in [-0.25, -0.2) is 22.2 Å². The van der Waals surface area contributed by atoms with Gasteiger partial charge in [0.2, 0.25) is 10.0 Å². The van der Waals surface area contributed by atoms with Crippen LogP contribution in [-0.2, 0) is 16.4 Å². The van der Waals surface area contributed by atoms with Crippen LogP contribution in [0.4, 0.5) is 14.5 Å². The molecule has 0 bridgehead atoms. The molecule has 14 heteroatoms. The Morgan fingerprint density at radius 1 is 1.04 bits per heavy atom. The number of aliphatic hydroxyl groups excluding tert-OH is 1. The summed E-state index contributed by atoms with van der Waals surface area (Å²) in [6.07, 6.45) is 2.99. The highest BCUT2D eigenvalue weighted by Crippen LogP contribution is 2.36. The highest BCUT2D eigenvalue weighted by Gasteiger charge is 2.35. The van der Waals surface area contributed by atoms with Gasteiger partial charge in [0, 0.05) is 47.4 Å². The topological polar surface area (TPSA) is 132 Å². The van der Waals surface area contributed by atoms with Crippen LogP contribution in [0.5, 0.6) is 0 Å². The third kappa shape index (κ3) is 7.50. The zero-order valence-electron chi connectivity index (χ0n) is 26.1. The van der Waals surface area contributed by atoms with Crippen molar-refractivity contribution in [2.75, 3.05) is 29.7 Å². The minimum atomic E-state index is -3.68. The lowest BCUT2D eigenvalue weighted by atomic mass is 9.94. The first-order chi connectivity index (χ1) is 22.5. The number of carbonyl (C=O) groups is 2. The number of hydrogen-bond donors (Lipinski definition) is 3. The molecule has 2 amide bonds. The van der Waals surface area contributed by atoms with Gasteiger partial charge in [-0.2, -0.15) is 0 Å². The third-order valence-corrected chi connectivity index (χ3v) is 12.1. The second-order valence-electron chi connectivity index (χ2n) is 12.6. The predicted octanol–water partition coefficient (Wildman–Crippen LogP) is 4.09. The Balaban J connectivity index is 1.35. The van der Waals surface area contributed by atoms with Gasteiger partial charge in [0.15, 0.2) is 0 Å². The average Bonchev–Trinajstić information content (AvgIpc) is 3.81. The average molecular weight is 688 g/mol. The number of rotatable bonds is 9. The van der Waals surface area contributed by atoms with Crippen molar-refractivity contribution in [2.45, 2.75) is 76.1 Å². The SMILES string of the molecule is Cc1csc(C2CCCN2C(=O)c2cc(C(=O)NC(Cc3cc(F)cc(F)c3)C(O)C3CCCN3)cc(N3CCCCS3(=O)=O)c2)n1. The zero-order chi connectivity index (χ0) is 33.3. The standard InChI is InChI=1S/C33H39F2N5O5S2/c1-20-19-46-32(37-20)29-7-5-9-39(29)33(43)23-15-22(16-26(17-23)40-10-2-3-11-47(40,44)45)31(42)38-28(30(41)27-6-4-8-36-27)14-21-12-24(34)18-25(35)13-21/h12-13,15-19,27-30,36,41H,2-11,14H2,1H3,(H,38,42). The number of nitrogens with one attached hydrogen (secondary N) is 2. The van der Waals surface area contributed by atoms with Gasteiger partial charge < -0.3 is 20.6 Å². The number of carbonyl (C=O) groups excluding carboxylic acids is 2. The van der Waals surface area contributed by atoms with Crippen LogP contribution in [0.2, 0.25) is 0 Å². The van der Waals surface area contributed by atoms with E-state index in [4.69, 9.17) is 0 Å². The van der Waals surface area contributed by atoms with Crippen molar-refractivity contribution >= 4 is 38.9 Å². The molecular weight excluding hydrogens is 649 g/mol. The third-order valence-electron chi connectivity index (χ3n) is 9.12. The summed E-state index contributed by atoms with van der Waals surface area (Å²) in [7, 11) is -3.68. The van der Waals surface area contributed by atoms with Gasteiger partial charge in [-0.15, -0.1) is 11.3 Å². The normalized spacial score (nSPS) is 22.3. The van der Waals surface area contributed by atoms with Gasteiger partial charge in [-0.1, -0.05) is 0 Å². The van der Waals surface area contributed by atoms with Gasteiger partial charge in [0.25, 0.3) is 11.8 Å². The molecule has 0 aliphatic carbocycles. The molecule has 47 heavy (non-hydrogen) atoms. The summed E-state index contributed by atoms with van der Waals surface area (Å²) in [6, 6.07) is 5.96. The summed E-state index contributed by atoms with van der Waals surface area (Å²) in [5.74, 6) is -2.58. The molecule has 0 radical (unpaired) electrons. The van der Waals surface area contributed by atoms with E-state index < -0.39 is 39.7 Å². The van der Waals surface area contributed by atoms with Gasteiger partial charge >= 0.3 is 0 Å². The Morgan fingerprint density at radius 2 is 1.81 bits per heavy atom. The molecular formula is C33H39F2N5O5S2. The van der Waals surface area contributed by atoms with Crippen molar-refractivity contribution in [2.24, 2.45) is 0 Å². The fourth-order valence-electron chi connectivity index (χ4n) is 6.82. The van der Waals surface area contributed by atoms with Crippen LogP contribution in [-0.4, -0.2) is 78.8 Å². The first kappa shape index (κ1) is 33.4. The number of aliphatic hydroxyl groups is 1. The molecule has 10 nitrogen and oxygen atoms in total. The van der Waals surface area contributed by atoms with E-state index >= 15 is 0 Å². The molecule has 3 saturated heterocycles. The number of halogens is 2. The molecule has 4 unspecified atom stereocenters. The molecule has 3 N–H and O–H groups in total. The van der Waals surface area contributed by atoms with E-state index in [1.165, 1.54) is 33.8 Å². The van der Waals surface area contributed by atoms with Crippen molar-refractivity contribution in [1.82, 2.24) is 20.5 Å². The minimum Gasteiger partial charge on any atom is -0.389 e. The molecule has 4 atom stereocenters. The number of sulfonamides is 1. The van der Waals surface area contributed by atoms with Crippen LogP contribution in [0.15, 0.2) is 41.8 Å². The van der Waals surface area contributed by atoms with E-state index in [1.807, 2.05) is 12.3 Å². The lowest BCUT2D eigenvalue weighted by Gasteiger charge is -2.30. The molecule has 2 aromatic carbocycles. The van der Waals surface area contributed by atoms with Crippen LogP contribution < -0.4 is 14.9 Å². The number of hydrogen-bond acceptors (Lipinski definition) is 8. The van der Waals surface area contributed by atoms with Gasteiger partial charge in [0.1, 0.15) is 16.6 Å². The Hall–Kier alpha value is -3.46. The minimum absolute atomic E-state index is 0.0365. The van der Waals surface area contributed by atoms with E-state index in [0.717, 1.165) is 48.2 Å². The smallest absolute Gasteiger partial charge is 0.254 e. The maximum Gasteiger partial charge on any atom is 0.254 e. The largest absolute Gasteiger partial charge is 0.389 e. The maximum atomic E-state index is 14.1. The summed E-state index contributed by atoms with van der Waals surface area (Å²) < 4.78 is 55.7. The highest BCUT2D eigenvalue weighted by molar-refractivity contribution is 7.92. The summed E-state index contributed by atoms with van der Waals surface area (Å²) in [6.45, 7) is 3.29. The van der Waals surface area contributed by atoms with Crippen molar-refractivity contribution in [1.29, 1.82) is 0 Å². The molecule has 3 aliphatic heterocycles. The molecule has 3 aliphatic rings. The van der Waals surface area contributed by atoms with Crippen LogP contribution in [0.25, 0.3) is 0 Å². The van der Waals surface area contributed by atoms with Gasteiger partial charge in [-0.3, -0.25) is 13.9 Å². The number of thiazole rings is 1. The summed E-state index contributed by atoms with van der Waals surface area (Å²) in [4.78, 5) is 34.4. The Labute approximate surface area is 277 Å². The van der Waals surface area contributed by atoms with Crippen LogP contribution in [0, 0.1) is 18.6 Å². The van der Waals surface area contributed by atoms with Gasteiger partial charge in [-0.05, 0) is 94.3 Å². The number of nitrogens with zero attached hydrogens (tertiary/aromatic N) is 3. The number of benzene rings is 2. The van der Waals surface area contributed by atoms with Crippen molar-refractivity contribution in [3.05, 3.63) is 80.8 Å². The van der Waals surface area contributed by atoms with Crippen molar-refractivity contribution in [3.8, 4) is 0 Å². The van der Waals surface area contributed by atoms with E-state index in [-0.39, 0.29) is 59.1 Å². The predicted molar refractivity (Wildman–Crippen MR) is 175 cm³/mol. The monoisotopic (exact) mass is 687 g/mol. The second-order valence-corrected chi connectivity index (χ2v) is 15.5. The van der Waals surface area contributed by atoms with E-state index in [0.29, 0.717) is 32.4 Å². The summed E-state index contributed by atoms with van der Waals surface area (Å²) in [5.41, 5.74) is 1.53. The Morgan fingerprint density at radius 3 is 2.49 bits per heavy atom. The lowest BCUT2D eigenvalue weighted by molar-refractivity contribution is 0.0733. The second kappa shape index (κ2) is 14.0. The number of amides is 2. The quantitative estimate of drug-likeness (QED) is 0.309. The molecule has 252 valence electrons. The maximum absolute atomic E-state index is 14.1. The van der Waals surface area contributed by atoms with Crippen LogP contribution >= 0.6 is 11.3 Å². The first-order valence-electron chi connectivity index (χ1n) is 16.0. The van der Waals surface area contributed by atoms with Crippen LogP contribution in [0.1, 0.15) is 81.5 Å². The Kier molecular flexibility index (Phi) is 9.93. The molecule has 4 heterocycles. The fourth-order valence-corrected chi connectivity index (χ4v) is 9.39. The molecule has 1 aromatic heterocycles. The van der Waals surface area contributed by atoms with E-state index in [2.05, 4.69) is 15.6 Å². The van der Waals surface area contributed by atoms with Crippen molar-refractivity contribution in [3.63, 3.8) is 0 Å². The molecule has 3 aromatic rings. The van der Waals surface area contributed by atoms with Crippen molar-refractivity contribution < 1.29 is 31.9 Å². The number of anilines is 1. The number of likely N-dealkylation sites (tertiary alicyclic amines) is 1. The number of aromatic nitrogens is 1. The number of aryl methyl sites for hydroxylation is 1. The summed E-state index contributed by atoms with van der Waals surface area (Å²) >= 11 is 1.49. The summed E-state index contributed by atoms with van der Waals surface area (Å²) in [5, 5.41) is 20.2. The first-order valence-corrected chi connectivity index (χ1v) is 18.5. The van der Waals surface area contributed by atoms with E-state index in [1.54, 1.807) is 4.90 Å². The Bertz CT molecular complexity index is 1730. The fraction of sp³-hybridized carbons (Fsp3) is 0.485. The molecule has 6 rings (SSSR count). The lowest BCUT2D eigenvalue weighted by Crippen LogP contribution is -2.52. The highest BCUT2D eigenvalue weighted by atomic mass is 32.2. The molecule has 0 saturated carbocycles.